The first-order chi connectivity index (χ1) is 11.6. The molecule has 0 fully saturated rings. The van der Waals surface area contributed by atoms with E-state index in [1.54, 1.807) is 46.6 Å². The highest BCUT2D eigenvalue weighted by atomic mass is 16.5. The van der Waals surface area contributed by atoms with Crippen molar-refractivity contribution in [2.75, 3.05) is 28.4 Å². The smallest absolute Gasteiger partial charge is 0.172 e. The van der Waals surface area contributed by atoms with Gasteiger partial charge in [0.1, 0.15) is 11.5 Å². The molecule has 5 nitrogen and oxygen atoms in total. The molecular weight excluding hydrogens is 308 g/mol. The zero-order chi connectivity index (χ0) is 17.9. The minimum atomic E-state index is -0.0774. The van der Waals surface area contributed by atoms with Gasteiger partial charge in [-0.05, 0) is 6.07 Å². The number of aldehydes is 1. The summed E-state index contributed by atoms with van der Waals surface area (Å²) in [5, 5.41) is 1.42. The van der Waals surface area contributed by atoms with Gasteiger partial charge in [-0.25, -0.2) is 0 Å². The average molecular weight is 330 g/mol. The first kappa shape index (κ1) is 17.7. The lowest BCUT2D eigenvalue weighted by molar-refractivity contribution is 0.112. The molecule has 24 heavy (non-hydrogen) atoms. The Hall–Kier alpha value is -2.69. The number of ether oxygens (including phenoxy) is 4. The van der Waals surface area contributed by atoms with Crippen LogP contribution in [0.25, 0.3) is 10.8 Å². The van der Waals surface area contributed by atoms with Gasteiger partial charge in [0.2, 0.25) is 0 Å². The summed E-state index contributed by atoms with van der Waals surface area (Å²) in [6.07, 6.45) is 2.58. The van der Waals surface area contributed by atoms with Crippen LogP contribution in [0.5, 0.6) is 23.0 Å². The molecule has 2 aromatic carbocycles. The fourth-order valence-electron chi connectivity index (χ4n) is 2.92. The summed E-state index contributed by atoms with van der Waals surface area (Å²) in [4.78, 5) is 11.7. The van der Waals surface area contributed by atoms with Crippen LogP contribution in [0.4, 0.5) is 0 Å². The fourth-order valence-corrected chi connectivity index (χ4v) is 2.92. The number of allylic oxidation sites excluding steroid dienone is 1. The maximum absolute atomic E-state index is 11.7. The van der Waals surface area contributed by atoms with Crippen LogP contribution in [0, 0.1) is 0 Å². The van der Waals surface area contributed by atoms with Crippen molar-refractivity contribution < 1.29 is 23.7 Å². The normalized spacial score (nSPS) is 11.7. The highest BCUT2D eigenvalue weighted by molar-refractivity contribution is 6.04. The third-order valence-corrected chi connectivity index (χ3v) is 4.11. The van der Waals surface area contributed by atoms with Crippen LogP contribution in [0.3, 0.4) is 0 Å². The molecule has 0 aromatic heterocycles. The second-order valence-corrected chi connectivity index (χ2v) is 5.29. The van der Waals surface area contributed by atoms with Crippen LogP contribution in [0.15, 0.2) is 24.8 Å². The molecule has 0 heterocycles. The van der Waals surface area contributed by atoms with Crippen LogP contribution in [0.2, 0.25) is 0 Å². The molecule has 0 N–H and O–H groups in total. The van der Waals surface area contributed by atoms with Crippen LogP contribution in [-0.4, -0.2) is 34.7 Å². The summed E-state index contributed by atoms with van der Waals surface area (Å²) in [7, 11) is 6.25. The average Bonchev–Trinajstić information content (AvgIpc) is 2.63. The van der Waals surface area contributed by atoms with Crippen LogP contribution in [-0.2, 0) is 0 Å². The van der Waals surface area contributed by atoms with Gasteiger partial charge in [0.05, 0.1) is 33.8 Å². The number of hydrogen-bond donors (Lipinski definition) is 0. The Bertz CT molecular complexity index is 779. The minimum Gasteiger partial charge on any atom is -0.496 e. The highest BCUT2D eigenvalue weighted by Crippen LogP contribution is 2.49. The summed E-state index contributed by atoms with van der Waals surface area (Å²) in [6.45, 7) is 5.78. The predicted octanol–water partition coefficient (Wildman–Crippen LogP) is 3.98. The Kier molecular flexibility index (Phi) is 5.34. The van der Waals surface area contributed by atoms with Crippen molar-refractivity contribution in [3.05, 3.63) is 35.9 Å². The van der Waals surface area contributed by atoms with Crippen molar-refractivity contribution in [1.29, 1.82) is 0 Å². The quantitative estimate of drug-likeness (QED) is 0.568. The molecule has 0 amide bonds. The molecule has 0 saturated carbocycles. The van der Waals surface area contributed by atoms with Crippen molar-refractivity contribution in [1.82, 2.24) is 0 Å². The third kappa shape index (κ3) is 2.66. The number of hydrogen-bond acceptors (Lipinski definition) is 5. The maximum Gasteiger partial charge on any atom is 0.172 e. The number of carbonyl (C=O) groups is 1. The van der Waals surface area contributed by atoms with E-state index in [1.807, 2.05) is 6.92 Å². The summed E-state index contributed by atoms with van der Waals surface area (Å²) in [5.74, 6) is 2.10. The molecule has 2 rings (SSSR count). The number of methoxy groups -OCH3 is 4. The molecule has 0 radical (unpaired) electrons. The molecule has 0 bridgehead atoms. The molecule has 5 heteroatoms. The van der Waals surface area contributed by atoms with E-state index in [0.717, 1.165) is 11.8 Å². The SMILES string of the molecule is C=CC(C)c1c(C=O)cc2c(OC)cc(OC)c(OC)c2c1OC. The predicted molar refractivity (Wildman–Crippen MR) is 94.2 cm³/mol. The molecule has 0 spiro atoms. The van der Waals surface area contributed by atoms with E-state index in [1.165, 1.54) is 0 Å². The lowest BCUT2D eigenvalue weighted by atomic mass is 9.90. The first-order valence-corrected chi connectivity index (χ1v) is 7.49. The number of fused-ring (bicyclic) bond motifs is 1. The Morgan fingerprint density at radius 2 is 1.58 bits per heavy atom. The molecule has 2 aromatic rings. The second-order valence-electron chi connectivity index (χ2n) is 5.29. The van der Waals surface area contributed by atoms with Gasteiger partial charge in [0, 0.05) is 28.5 Å². The Morgan fingerprint density at radius 3 is 2.04 bits per heavy atom. The Balaban J connectivity index is 3.11. The lowest BCUT2D eigenvalue weighted by Gasteiger charge is -2.21. The van der Waals surface area contributed by atoms with Crippen LogP contribution < -0.4 is 18.9 Å². The summed E-state index contributed by atoms with van der Waals surface area (Å²) >= 11 is 0. The fraction of sp³-hybridized carbons (Fsp3) is 0.316. The van der Waals surface area contributed by atoms with Gasteiger partial charge in [0.25, 0.3) is 0 Å². The van der Waals surface area contributed by atoms with Crippen LogP contribution in [0.1, 0.15) is 28.8 Å². The van der Waals surface area contributed by atoms with Crippen molar-refractivity contribution in [2.45, 2.75) is 12.8 Å². The van der Waals surface area contributed by atoms with Gasteiger partial charge in [-0.15, -0.1) is 6.58 Å². The zero-order valence-electron chi connectivity index (χ0n) is 14.6. The van der Waals surface area contributed by atoms with Gasteiger partial charge in [-0.1, -0.05) is 13.0 Å². The standard InChI is InChI=1S/C19H22O5/c1-7-11(2)16-12(10-20)8-13-14(21-3)9-15(22-4)18(23-5)17(13)19(16)24-6/h7-11H,1H2,2-6H3. The highest BCUT2D eigenvalue weighted by Gasteiger charge is 2.24. The van der Waals surface area contributed by atoms with Gasteiger partial charge in [0.15, 0.2) is 17.8 Å². The number of rotatable bonds is 7. The van der Waals surface area contributed by atoms with Crippen molar-refractivity contribution >= 4 is 17.1 Å². The number of benzene rings is 2. The van der Waals surface area contributed by atoms with E-state index < -0.39 is 0 Å². The van der Waals surface area contributed by atoms with E-state index in [9.17, 15) is 4.79 Å². The van der Waals surface area contributed by atoms with E-state index in [4.69, 9.17) is 18.9 Å². The van der Waals surface area contributed by atoms with E-state index >= 15 is 0 Å². The summed E-state index contributed by atoms with van der Waals surface area (Å²) < 4.78 is 22.1. The minimum absolute atomic E-state index is 0.0774. The van der Waals surface area contributed by atoms with Crippen molar-refractivity contribution in [2.24, 2.45) is 0 Å². The Morgan fingerprint density at radius 1 is 0.958 bits per heavy atom. The molecule has 0 aliphatic carbocycles. The largest absolute Gasteiger partial charge is 0.496 e. The van der Waals surface area contributed by atoms with Gasteiger partial charge < -0.3 is 18.9 Å². The molecule has 0 aliphatic heterocycles. The van der Waals surface area contributed by atoms with E-state index in [2.05, 4.69) is 6.58 Å². The maximum atomic E-state index is 11.7. The summed E-state index contributed by atoms with van der Waals surface area (Å²) in [5.41, 5.74) is 1.28. The van der Waals surface area contributed by atoms with E-state index in [0.29, 0.717) is 39.3 Å². The number of carbonyl (C=O) groups excluding carboxylic acids is 1. The van der Waals surface area contributed by atoms with Crippen molar-refractivity contribution in [3.63, 3.8) is 0 Å². The zero-order valence-corrected chi connectivity index (χ0v) is 14.6. The molecule has 128 valence electrons. The van der Waals surface area contributed by atoms with Gasteiger partial charge >= 0.3 is 0 Å². The summed E-state index contributed by atoms with van der Waals surface area (Å²) in [6, 6.07) is 3.51. The Labute approximate surface area is 141 Å². The van der Waals surface area contributed by atoms with Gasteiger partial charge in [-0.2, -0.15) is 0 Å². The molecular formula is C19H22O5. The van der Waals surface area contributed by atoms with Crippen LogP contribution >= 0.6 is 0 Å². The van der Waals surface area contributed by atoms with Crippen molar-refractivity contribution in [3.8, 4) is 23.0 Å². The van der Waals surface area contributed by atoms with E-state index in [-0.39, 0.29) is 5.92 Å². The monoisotopic (exact) mass is 330 g/mol. The molecule has 1 atom stereocenters. The van der Waals surface area contributed by atoms with Gasteiger partial charge in [-0.3, -0.25) is 4.79 Å². The molecule has 0 aliphatic rings. The second kappa shape index (κ2) is 7.25. The molecule has 1 unspecified atom stereocenters. The first-order valence-electron chi connectivity index (χ1n) is 7.49. The lowest BCUT2D eigenvalue weighted by Crippen LogP contribution is -2.04. The molecule has 0 saturated heterocycles. The topological polar surface area (TPSA) is 54.0 Å². The third-order valence-electron chi connectivity index (χ3n) is 4.11.